The molecule has 0 N–H and O–H groups in total. The van der Waals surface area contributed by atoms with Crippen LogP contribution in [0.4, 0.5) is 4.39 Å². The summed E-state index contributed by atoms with van der Waals surface area (Å²) in [6.07, 6.45) is 2.97. The van der Waals surface area contributed by atoms with Crippen molar-refractivity contribution in [1.82, 2.24) is 4.90 Å². The molecule has 0 unspecified atom stereocenters. The molecular formula is C18H23FINO2. The third kappa shape index (κ3) is 3.40. The van der Waals surface area contributed by atoms with Gasteiger partial charge in [-0.1, -0.05) is 12.1 Å². The number of piperidine rings is 1. The van der Waals surface area contributed by atoms with E-state index < -0.39 is 18.9 Å². The van der Waals surface area contributed by atoms with Gasteiger partial charge in [0.1, 0.15) is 0 Å². The Kier molecular flexibility index (Phi) is 4.41. The van der Waals surface area contributed by atoms with E-state index in [0.717, 1.165) is 28.4 Å². The molecule has 1 aromatic carbocycles. The number of nitrogens with zero attached hydrogens (tertiary/aromatic N) is 1. The van der Waals surface area contributed by atoms with Crippen LogP contribution >= 0.6 is 22.6 Å². The van der Waals surface area contributed by atoms with E-state index in [1.807, 2.05) is 24.3 Å². The molecule has 126 valence electrons. The van der Waals surface area contributed by atoms with E-state index in [1.54, 1.807) is 0 Å². The summed E-state index contributed by atoms with van der Waals surface area (Å²) in [4.78, 5) is 15.0. The van der Waals surface area contributed by atoms with Crippen molar-refractivity contribution >= 4 is 28.6 Å². The highest BCUT2D eigenvalue weighted by atomic mass is 127. The number of halogens is 2. The van der Waals surface area contributed by atoms with Crippen LogP contribution in [0.15, 0.2) is 24.3 Å². The first-order valence-electron chi connectivity index (χ1n) is 9.60. The van der Waals surface area contributed by atoms with Gasteiger partial charge in [0.05, 0.1) is 23.7 Å². The molecule has 3 rings (SSSR count). The van der Waals surface area contributed by atoms with Crippen LogP contribution in [0, 0.1) is 9.49 Å². The summed E-state index contributed by atoms with van der Waals surface area (Å²) >= 11 is 2.23. The predicted octanol–water partition coefficient (Wildman–Crippen LogP) is 3.76. The number of ether oxygens (including phenoxy) is 1. The van der Waals surface area contributed by atoms with Crippen LogP contribution in [0.2, 0.25) is 0 Å². The lowest BCUT2D eigenvalue weighted by molar-refractivity contribution is -0.150. The molecule has 0 spiro atoms. The third-order valence-electron chi connectivity index (χ3n) is 5.29. The maximum Gasteiger partial charge on any atom is 0.310 e. The van der Waals surface area contributed by atoms with Gasteiger partial charge >= 0.3 is 5.97 Å². The minimum absolute atomic E-state index is 0.0685. The number of esters is 1. The summed E-state index contributed by atoms with van der Waals surface area (Å²) in [6, 6.07) is 8.25. The van der Waals surface area contributed by atoms with Gasteiger partial charge in [0.25, 0.3) is 0 Å². The molecule has 0 amide bonds. The first kappa shape index (κ1) is 13.6. The van der Waals surface area contributed by atoms with Crippen LogP contribution in [-0.2, 0) is 9.53 Å². The summed E-state index contributed by atoms with van der Waals surface area (Å²) < 4.78 is 40.5. The lowest BCUT2D eigenvalue weighted by atomic mass is 9.76. The molecule has 0 radical (unpaired) electrons. The monoisotopic (exact) mass is 437 g/mol. The number of alkyl halides is 1. The highest BCUT2D eigenvalue weighted by molar-refractivity contribution is 14.1. The first-order chi connectivity index (χ1) is 12.3. The Morgan fingerprint density at radius 2 is 2.22 bits per heavy atom. The maximum absolute atomic E-state index is 12.8. The van der Waals surface area contributed by atoms with E-state index in [4.69, 9.17) is 8.85 Å². The number of methoxy groups -OCH3 is 1. The van der Waals surface area contributed by atoms with Crippen molar-refractivity contribution in [3.8, 4) is 0 Å². The fourth-order valence-electron chi connectivity index (χ4n) is 4.35. The molecule has 1 aromatic rings. The first-order valence-corrected chi connectivity index (χ1v) is 9.18. The zero-order chi connectivity index (χ0) is 18.9. The lowest BCUT2D eigenvalue weighted by Gasteiger charge is -2.43. The molecule has 2 aliphatic rings. The molecule has 5 heteroatoms. The molecule has 0 aromatic heterocycles. The maximum atomic E-state index is 12.8. The van der Waals surface area contributed by atoms with Gasteiger partial charge in [0.15, 0.2) is 0 Å². The highest BCUT2D eigenvalue weighted by Crippen LogP contribution is 2.47. The standard InChI is InChI=1S/C18H23FINO2/c1-23-18(22)17-15(12-3-5-13(20)6-4-12)11-14-7-8-16(17)21(14)10-2-9-19/h3-6,14-17H,2,7-11H2,1H3/t14-,15+,16+,17-/m0/s1/i1T3. The van der Waals surface area contributed by atoms with Crippen LogP contribution in [-0.4, -0.2) is 43.2 Å². The second kappa shape index (κ2) is 7.47. The molecule has 2 aliphatic heterocycles. The predicted molar refractivity (Wildman–Crippen MR) is 96.1 cm³/mol. The van der Waals surface area contributed by atoms with Gasteiger partial charge in [0, 0.05) is 28.1 Å². The van der Waals surface area contributed by atoms with Crippen LogP contribution < -0.4 is 0 Å². The molecule has 23 heavy (non-hydrogen) atoms. The fourth-order valence-corrected chi connectivity index (χ4v) is 4.71. The quantitative estimate of drug-likeness (QED) is 0.519. The Morgan fingerprint density at radius 3 is 2.91 bits per heavy atom. The van der Waals surface area contributed by atoms with Crippen molar-refractivity contribution in [2.75, 3.05) is 20.3 Å². The van der Waals surface area contributed by atoms with Crippen LogP contribution in [0.25, 0.3) is 0 Å². The number of carbonyl (C=O) groups excluding carboxylic acids is 1. The molecule has 0 saturated carbocycles. The minimum Gasteiger partial charge on any atom is -0.469 e. The number of benzene rings is 1. The average molecular weight is 437 g/mol. The third-order valence-corrected chi connectivity index (χ3v) is 6.00. The van der Waals surface area contributed by atoms with Gasteiger partial charge in [-0.05, 0) is 66.0 Å². The van der Waals surface area contributed by atoms with Crippen molar-refractivity contribution < 1.29 is 18.0 Å². The fraction of sp³-hybridized carbons (Fsp3) is 0.611. The second-order valence-corrected chi connectivity index (χ2v) is 7.67. The van der Waals surface area contributed by atoms with Crippen molar-refractivity contribution in [2.45, 2.75) is 43.7 Å². The van der Waals surface area contributed by atoms with Gasteiger partial charge < -0.3 is 4.74 Å². The molecule has 4 atom stereocenters. The summed E-state index contributed by atoms with van der Waals surface area (Å²) in [7, 11) is -2.74. The lowest BCUT2D eigenvalue weighted by Crippen LogP contribution is -2.51. The van der Waals surface area contributed by atoms with Crippen LogP contribution in [0.1, 0.15) is 41.3 Å². The van der Waals surface area contributed by atoms with E-state index in [0.29, 0.717) is 19.0 Å². The van der Waals surface area contributed by atoms with Gasteiger partial charge in [-0.2, -0.15) is 0 Å². The molecule has 2 saturated heterocycles. The van der Waals surface area contributed by atoms with E-state index in [-0.39, 0.29) is 18.6 Å². The normalized spacial score (nSPS) is 32.9. The molecular weight excluding hydrogens is 408 g/mol. The Labute approximate surface area is 154 Å². The molecule has 0 aliphatic carbocycles. The van der Waals surface area contributed by atoms with E-state index in [9.17, 15) is 9.18 Å². The van der Waals surface area contributed by atoms with Crippen molar-refractivity contribution in [2.24, 2.45) is 5.92 Å². The Morgan fingerprint density at radius 1 is 1.43 bits per heavy atom. The smallest absolute Gasteiger partial charge is 0.310 e. The summed E-state index contributed by atoms with van der Waals surface area (Å²) in [5.41, 5.74) is 1.04. The van der Waals surface area contributed by atoms with E-state index in [2.05, 4.69) is 27.5 Å². The summed E-state index contributed by atoms with van der Waals surface area (Å²) in [5, 5.41) is 0. The van der Waals surface area contributed by atoms with Gasteiger partial charge in [0.2, 0.25) is 0 Å². The molecule has 2 heterocycles. The summed E-state index contributed by atoms with van der Waals surface area (Å²) in [5.74, 6) is -1.26. The molecule has 2 bridgehead atoms. The Hall–Kier alpha value is -0.690. The van der Waals surface area contributed by atoms with E-state index >= 15 is 0 Å². The Bertz CT molecular complexity index is 640. The topological polar surface area (TPSA) is 29.5 Å². The number of carbonyl (C=O) groups is 1. The van der Waals surface area contributed by atoms with Crippen molar-refractivity contribution in [3.05, 3.63) is 33.4 Å². The van der Waals surface area contributed by atoms with Crippen molar-refractivity contribution in [1.29, 1.82) is 0 Å². The van der Waals surface area contributed by atoms with Crippen LogP contribution in [0.3, 0.4) is 0 Å². The van der Waals surface area contributed by atoms with Crippen molar-refractivity contribution in [3.63, 3.8) is 0 Å². The molecule has 2 fully saturated rings. The number of rotatable bonds is 5. The van der Waals surface area contributed by atoms with Gasteiger partial charge in [-0.25, -0.2) is 0 Å². The second-order valence-electron chi connectivity index (χ2n) is 6.42. The number of hydrogen-bond donors (Lipinski definition) is 0. The van der Waals surface area contributed by atoms with Gasteiger partial charge in [-0.15, -0.1) is 0 Å². The minimum atomic E-state index is -2.74. The SMILES string of the molecule is [3H]C([3H])([3H])OC(=O)[C@H]1[C@@H](c2ccc(I)cc2)C[C@@H]2CC[C@H]1N2CCCF. The van der Waals surface area contributed by atoms with Crippen LogP contribution in [0.5, 0.6) is 0 Å². The van der Waals surface area contributed by atoms with Gasteiger partial charge in [-0.3, -0.25) is 14.1 Å². The number of hydrogen-bond acceptors (Lipinski definition) is 3. The highest BCUT2D eigenvalue weighted by Gasteiger charge is 2.50. The molecule has 3 nitrogen and oxygen atoms in total. The number of fused-ring (bicyclic) bond motifs is 2. The largest absolute Gasteiger partial charge is 0.469 e. The summed E-state index contributed by atoms with van der Waals surface area (Å²) in [6.45, 7) is 0.212. The Balaban J connectivity index is 1.90. The zero-order valence-electron chi connectivity index (χ0n) is 15.9. The van der Waals surface area contributed by atoms with E-state index in [1.165, 1.54) is 0 Å². The zero-order valence-corrected chi connectivity index (χ0v) is 15.0. The average Bonchev–Trinajstić information content (AvgIpc) is 2.83.